The summed E-state index contributed by atoms with van der Waals surface area (Å²) in [4.78, 5) is 26.0. The van der Waals surface area contributed by atoms with Crippen LogP contribution in [0, 0.1) is 6.92 Å². The van der Waals surface area contributed by atoms with E-state index in [1.807, 2.05) is 30.3 Å². The zero-order valence-corrected chi connectivity index (χ0v) is 19.9. The Balaban J connectivity index is 1.73. The number of furan rings is 1. The monoisotopic (exact) mass is 451 g/mol. The first-order valence-electron chi connectivity index (χ1n) is 10.5. The Labute approximate surface area is 193 Å². The third-order valence-corrected chi connectivity index (χ3v) is 6.22. The SMILES string of the molecule is COC(=O)C(Cc1ccccc1)NC(=O)c1ccc(Sc2cc(C(C)(C)C)ccc2C)o1. The van der Waals surface area contributed by atoms with Crippen molar-refractivity contribution < 1.29 is 18.7 Å². The molecule has 1 atom stereocenters. The number of ether oxygens (including phenoxy) is 1. The van der Waals surface area contributed by atoms with Crippen LogP contribution in [0.1, 0.15) is 48.0 Å². The van der Waals surface area contributed by atoms with Crippen molar-refractivity contribution in [3.8, 4) is 0 Å². The summed E-state index contributed by atoms with van der Waals surface area (Å²) in [6, 6.07) is 18.5. The van der Waals surface area contributed by atoms with E-state index in [0.717, 1.165) is 16.0 Å². The van der Waals surface area contributed by atoms with Gasteiger partial charge in [0.15, 0.2) is 10.9 Å². The van der Waals surface area contributed by atoms with Crippen molar-refractivity contribution in [3.05, 3.63) is 83.1 Å². The summed E-state index contributed by atoms with van der Waals surface area (Å²) in [5.74, 6) is -0.805. The number of aryl methyl sites for hydroxylation is 1. The second-order valence-corrected chi connectivity index (χ2v) is 9.74. The number of nitrogens with one attached hydrogen (secondary N) is 1. The van der Waals surface area contributed by atoms with Crippen molar-refractivity contribution in [3.63, 3.8) is 0 Å². The molecule has 32 heavy (non-hydrogen) atoms. The van der Waals surface area contributed by atoms with Crippen molar-refractivity contribution in [2.45, 2.75) is 55.6 Å². The Morgan fingerprint density at radius 3 is 2.44 bits per heavy atom. The van der Waals surface area contributed by atoms with Crippen molar-refractivity contribution in [2.24, 2.45) is 0 Å². The summed E-state index contributed by atoms with van der Waals surface area (Å²) >= 11 is 1.48. The van der Waals surface area contributed by atoms with Crippen LogP contribution in [-0.4, -0.2) is 25.0 Å². The summed E-state index contributed by atoms with van der Waals surface area (Å²) < 4.78 is 10.7. The van der Waals surface area contributed by atoms with Gasteiger partial charge in [-0.3, -0.25) is 4.79 Å². The lowest BCUT2D eigenvalue weighted by Gasteiger charge is -2.20. The molecule has 0 aliphatic carbocycles. The molecule has 1 amide bonds. The van der Waals surface area contributed by atoms with Crippen LogP contribution in [0.2, 0.25) is 0 Å². The molecule has 5 nitrogen and oxygen atoms in total. The maximum Gasteiger partial charge on any atom is 0.328 e. The fraction of sp³-hybridized carbons (Fsp3) is 0.308. The molecule has 0 spiro atoms. The van der Waals surface area contributed by atoms with E-state index in [9.17, 15) is 9.59 Å². The molecule has 1 aromatic heterocycles. The molecule has 0 saturated carbocycles. The van der Waals surface area contributed by atoms with Gasteiger partial charge in [-0.2, -0.15) is 0 Å². The van der Waals surface area contributed by atoms with Crippen LogP contribution < -0.4 is 5.32 Å². The maximum atomic E-state index is 12.8. The predicted molar refractivity (Wildman–Crippen MR) is 126 cm³/mol. The average molecular weight is 452 g/mol. The summed E-state index contributed by atoms with van der Waals surface area (Å²) in [6.07, 6.45) is 0.334. The molecule has 1 heterocycles. The van der Waals surface area contributed by atoms with Crippen molar-refractivity contribution in [2.75, 3.05) is 7.11 Å². The molecular weight excluding hydrogens is 422 g/mol. The minimum atomic E-state index is -0.804. The second-order valence-electron chi connectivity index (χ2n) is 8.69. The van der Waals surface area contributed by atoms with Gasteiger partial charge in [-0.25, -0.2) is 4.79 Å². The third kappa shape index (κ3) is 6.04. The van der Waals surface area contributed by atoms with E-state index in [-0.39, 0.29) is 11.2 Å². The van der Waals surface area contributed by atoms with Gasteiger partial charge in [0.25, 0.3) is 5.91 Å². The molecular formula is C26H29NO4S. The number of esters is 1. The van der Waals surface area contributed by atoms with Crippen LogP contribution in [0.3, 0.4) is 0 Å². The highest BCUT2D eigenvalue weighted by Gasteiger charge is 2.24. The van der Waals surface area contributed by atoms with Gasteiger partial charge >= 0.3 is 5.97 Å². The van der Waals surface area contributed by atoms with E-state index in [1.54, 1.807) is 12.1 Å². The van der Waals surface area contributed by atoms with Gasteiger partial charge in [-0.15, -0.1) is 0 Å². The Kier molecular flexibility index (Phi) is 7.46. The van der Waals surface area contributed by atoms with Gasteiger partial charge in [0.2, 0.25) is 0 Å². The molecule has 1 unspecified atom stereocenters. The van der Waals surface area contributed by atoms with E-state index in [1.165, 1.54) is 24.4 Å². The normalized spacial score (nSPS) is 12.3. The van der Waals surface area contributed by atoms with E-state index >= 15 is 0 Å². The molecule has 0 saturated heterocycles. The number of hydrogen-bond acceptors (Lipinski definition) is 5. The Hall–Kier alpha value is -2.99. The van der Waals surface area contributed by atoms with Gasteiger partial charge in [0.05, 0.1) is 7.11 Å². The summed E-state index contributed by atoms with van der Waals surface area (Å²) in [5.41, 5.74) is 3.34. The summed E-state index contributed by atoms with van der Waals surface area (Å²) in [7, 11) is 1.31. The summed E-state index contributed by atoms with van der Waals surface area (Å²) in [6.45, 7) is 8.58. The van der Waals surface area contributed by atoms with Gasteiger partial charge in [-0.05, 0) is 47.2 Å². The molecule has 0 radical (unpaired) electrons. The topological polar surface area (TPSA) is 68.5 Å². The quantitative estimate of drug-likeness (QED) is 0.477. The predicted octanol–water partition coefficient (Wildman–Crippen LogP) is 5.55. The third-order valence-electron chi connectivity index (χ3n) is 5.14. The first-order chi connectivity index (χ1) is 15.2. The van der Waals surface area contributed by atoms with Gasteiger partial charge in [0.1, 0.15) is 6.04 Å². The molecule has 0 bridgehead atoms. The van der Waals surface area contributed by atoms with Crippen molar-refractivity contribution in [1.29, 1.82) is 0 Å². The standard InChI is InChI=1S/C26H29NO4S/c1-17-11-12-19(26(2,3)4)16-22(17)32-23-14-13-21(31-23)24(28)27-20(25(29)30-5)15-18-9-7-6-8-10-18/h6-14,16,20H,15H2,1-5H3,(H,27,28). The van der Waals surface area contributed by atoms with Crippen LogP contribution in [0.4, 0.5) is 0 Å². The van der Waals surface area contributed by atoms with Crippen LogP contribution in [-0.2, 0) is 21.4 Å². The molecule has 1 N–H and O–H groups in total. The average Bonchev–Trinajstić information content (AvgIpc) is 3.23. The van der Waals surface area contributed by atoms with Crippen LogP contribution >= 0.6 is 11.8 Å². The molecule has 6 heteroatoms. The maximum absolute atomic E-state index is 12.8. The van der Waals surface area contributed by atoms with Crippen LogP contribution in [0.15, 0.2) is 75.1 Å². The van der Waals surface area contributed by atoms with Crippen molar-refractivity contribution in [1.82, 2.24) is 5.32 Å². The smallest absolute Gasteiger partial charge is 0.328 e. The number of benzene rings is 2. The van der Waals surface area contributed by atoms with E-state index in [2.05, 4.69) is 51.2 Å². The summed E-state index contributed by atoms with van der Waals surface area (Å²) in [5, 5.41) is 3.35. The highest BCUT2D eigenvalue weighted by Crippen LogP contribution is 2.35. The highest BCUT2D eigenvalue weighted by molar-refractivity contribution is 7.99. The molecule has 0 aliphatic rings. The van der Waals surface area contributed by atoms with Gasteiger partial charge in [0, 0.05) is 11.3 Å². The molecule has 3 aromatic rings. The molecule has 0 fully saturated rings. The van der Waals surface area contributed by atoms with Crippen LogP contribution in [0.25, 0.3) is 0 Å². The number of carbonyl (C=O) groups excluding carboxylic acids is 2. The lowest BCUT2D eigenvalue weighted by atomic mass is 9.87. The fourth-order valence-corrected chi connectivity index (χ4v) is 4.10. The minimum absolute atomic E-state index is 0.0405. The lowest BCUT2D eigenvalue weighted by Crippen LogP contribution is -2.42. The van der Waals surface area contributed by atoms with Gasteiger partial charge in [-0.1, -0.05) is 75.0 Å². The van der Waals surface area contributed by atoms with Crippen LogP contribution in [0.5, 0.6) is 0 Å². The number of amides is 1. The second kappa shape index (κ2) is 10.1. The fourth-order valence-electron chi connectivity index (χ4n) is 3.20. The number of methoxy groups -OCH3 is 1. The largest absolute Gasteiger partial charge is 0.467 e. The van der Waals surface area contributed by atoms with E-state index in [0.29, 0.717) is 11.5 Å². The highest BCUT2D eigenvalue weighted by atomic mass is 32.2. The molecule has 0 aliphatic heterocycles. The van der Waals surface area contributed by atoms with E-state index in [4.69, 9.17) is 9.15 Å². The molecule has 3 rings (SSSR count). The molecule has 2 aromatic carbocycles. The van der Waals surface area contributed by atoms with Gasteiger partial charge < -0.3 is 14.5 Å². The minimum Gasteiger partial charge on any atom is -0.467 e. The number of rotatable bonds is 7. The zero-order valence-electron chi connectivity index (χ0n) is 19.1. The van der Waals surface area contributed by atoms with E-state index < -0.39 is 17.9 Å². The number of carbonyl (C=O) groups is 2. The first-order valence-corrected chi connectivity index (χ1v) is 11.3. The lowest BCUT2D eigenvalue weighted by molar-refractivity contribution is -0.142. The van der Waals surface area contributed by atoms with Crippen molar-refractivity contribution >= 4 is 23.6 Å². The Morgan fingerprint density at radius 1 is 1.06 bits per heavy atom. The Bertz CT molecular complexity index is 1080. The first kappa shape index (κ1) is 23.7. The Morgan fingerprint density at radius 2 is 1.78 bits per heavy atom. The molecule has 168 valence electrons. The number of hydrogen-bond donors (Lipinski definition) is 1. The zero-order chi connectivity index (χ0) is 23.3.